The Bertz CT molecular complexity index is 511. The van der Waals surface area contributed by atoms with Crippen molar-refractivity contribution in [1.29, 1.82) is 0 Å². The maximum atomic E-state index is 6.01. The molecule has 0 aliphatic carbocycles. The Balaban J connectivity index is 1.96. The third-order valence-corrected chi connectivity index (χ3v) is 3.87. The van der Waals surface area contributed by atoms with Crippen LogP contribution in [0.5, 0.6) is 5.75 Å². The van der Waals surface area contributed by atoms with E-state index in [2.05, 4.69) is 29.1 Å². The lowest BCUT2D eigenvalue weighted by Gasteiger charge is -2.39. The molecule has 1 fully saturated rings. The number of benzene rings is 1. The maximum absolute atomic E-state index is 6.01. The summed E-state index contributed by atoms with van der Waals surface area (Å²) >= 11 is 0. The van der Waals surface area contributed by atoms with E-state index in [1.54, 1.807) is 7.11 Å². The zero-order valence-electron chi connectivity index (χ0n) is 13.6. The Morgan fingerprint density at radius 3 is 2.73 bits per heavy atom. The molecule has 1 aliphatic rings. The molecule has 1 aliphatic heterocycles. The fraction of sp³-hybridized carbons (Fsp3) is 0.562. The molecule has 1 heterocycles. The first-order valence-electron chi connectivity index (χ1n) is 7.56. The number of anilines is 1. The monoisotopic (exact) mass is 306 g/mol. The van der Waals surface area contributed by atoms with Crippen molar-refractivity contribution < 1.29 is 9.47 Å². The van der Waals surface area contributed by atoms with Crippen molar-refractivity contribution >= 4 is 11.6 Å². The fourth-order valence-corrected chi connectivity index (χ4v) is 2.47. The molecule has 0 radical (unpaired) electrons. The largest absolute Gasteiger partial charge is 0.495 e. The second kappa shape index (κ2) is 7.47. The van der Waals surface area contributed by atoms with Gasteiger partial charge in [-0.05, 0) is 26.0 Å². The summed E-state index contributed by atoms with van der Waals surface area (Å²) in [6.07, 6.45) is 0. The molecule has 0 bridgehead atoms. The molecule has 1 aromatic carbocycles. The minimum absolute atomic E-state index is 0.0448. The van der Waals surface area contributed by atoms with Gasteiger partial charge in [-0.25, -0.2) is 0 Å². The van der Waals surface area contributed by atoms with Crippen molar-refractivity contribution in [2.75, 3.05) is 45.3 Å². The Morgan fingerprint density at radius 1 is 1.36 bits per heavy atom. The fourth-order valence-electron chi connectivity index (χ4n) is 2.47. The van der Waals surface area contributed by atoms with Crippen LogP contribution in [0, 0.1) is 0 Å². The number of nitrogens with zero attached hydrogens (tertiary/aromatic N) is 2. The predicted molar refractivity (Wildman–Crippen MR) is 89.6 cm³/mol. The smallest absolute Gasteiger partial charge is 0.193 e. The van der Waals surface area contributed by atoms with Crippen molar-refractivity contribution in [2.45, 2.75) is 19.4 Å². The maximum Gasteiger partial charge on any atom is 0.193 e. The molecule has 3 N–H and O–H groups in total. The van der Waals surface area contributed by atoms with Gasteiger partial charge in [0.05, 0.1) is 32.6 Å². The lowest BCUT2D eigenvalue weighted by atomic mass is 10.0. The highest BCUT2D eigenvalue weighted by atomic mass is 16.5. The van der Waals surface area contributed by atoms with Gasteiger partial charge in [0.2, 0.25) is 0 Å². The van der Waals surface area contributed by atoms with E-state index in [4.69, 9.17) is 15.2 Å². The van der Waals surface area contributed by atoms with Crippen molar-refractivity contribution in [1.82, 2.24) is 4.90 Å². The lowest BCUT2D eigenvalue weighted by molar-refractivity contribution is -0.00680. The minimum Gasteiger partial charge on any atom is -0.495 e. The third-order valence-electron chi connectivity index (χ3n) is 3.87. The number of nitrogens with one attached hydrogen (secondary N) is 1. The van der Waals surface area contributed by atoms with Crippen LogP contribution in [0.3, 0.4) is 0 Å². The SMILES string of the molecule is COc1ccccc1NC(N)=NCC(C)(C)N1CCOCC1. The lowest BCUT2D eigenvalue weighted by Crippen LogP contribution is -2.51. The van der Waals surface area contributed by atoms with E-state index in [1.807, 2.05) is 24.3 Å². The van der Waals surface area contributed by atoms with Crippen LogP contribution < -0.4 is 15.8 Å². The van der Waals surface area contributed by atoms with E-state index in [0.717, 1.165) is 37.7 Å². The van der Waals surface area contributed by atoms with Gasteiger partial charge in [-0.3, -0.25) is 9.89 Å². The van der Waals surface area contributed by atoms with Gasteiger partial charge in [0, 0.05) is 18.6 Å². The Kier molecular flexibility index (Phi) is 5.63. The molecule has 22 heavy (non-hydrogen) atoms. The van der Waals surface area contributed by atoms with Gasteiger partial charge in [-0.15, -0.1) is 0 Å². The van der Waals surface area contributed by atoms with Crippen LogP contribution in [0.2, 0.25) is 0 Å². The van der Waals surface area contributed by atoms with Crippen molar-refractivity contribution in [3.8, 4) is 5.75 Å². The van der Waals surface area contributed by atoms with E-state index in [1.165, 1.54) is 0 Å². The van der Waals surface area contributed by atoms with Gasteiger partial charge in [0.15, 0.2) is 5.96 Å². The molecule has 0 spiro atoms. The van der Waals surface area contributed by atoms with E-state index in [-0.39, 0.29) is 5.54 Å². The van der Waals surface area contributed by atoms with Crippen LogP contribution in [0.25, 0.3) is 0 Å². The molecular formula is C16H26N4O2. The second-order valence-corrected chi connectivity index (χ2v) is 5.94. The first-order chi connectivity index (χ1) is 10.5. The summed E-state index contributed by atoms with van der Waals surface area (Å²) in [7, 11) is 1.63. The molecule has 6 heteroatoms. The summed E-state index contributed by atoms with van der Waals surface area (Å²) in [5, 5.41) is 3.10. The van der Waals surface area contributed by atoms with Crippen LogP contribution in [-0.2, 0) is 4.74 Å². The van der Waals surface area contributed by atoms with Gasteiger partial charge < -0.3 is 20.5 Å². The summed E-state index contributed by atoms with van der Waals surface area (Å²) in [5.74, 6) is 1.14. The summed E-state index contributed by atoms with van der Waals surface area (Å²) in [4.78, 5) is 6.87. The summed E-state index contributed by atoms with van der Waals surface area (Å²) < 4.78 is 10.7. The van der Waals surface area contributed by atoms with Crippen LogP contribution in [-0.4, -0.2) is 56.4 Å². The molecule has 0 aromatic heterocycles. The number of nitrogens with two attached hydrogens (primary N) is 1. The Hall–Kier alpha value is -1.79. The zero-order chi connectivity index (χ0) is 16.0. The van der Waals surface area contributed by atoms with Gasteiger partial charge >= 0.3 is 0 Å². The number of rotatable bonds is 5. The van der Waals surface area contributed by atoms with Gasteiger partial charge in [-0.2, -0.15) is 0 Å². The quantitative estimate of drug-likeness (QED) is 0.637. The number of morpholine rings is 1. The van der Waals surface area contributed by atoms with Crippen molar-refractivity contribution in [2.24, 2.45) is 10.7 Å². The van der Waals surface area contributed by atoms with Crippen LogP contribution in [0.4, 0.5) is 5.69 Å². The van der Waals surface area contributed by atoms with E-state index in [9.17, 15) is 0 Å². The first kappa shape index (κ1) is 16.6. The third kappa shape index (κ3) is 4.35. The highest BCUT2D eigenvalue weighted by Gasteiger charge is 2.27. The molecule has 1 saturated heterocycles. The number of aliphatic imine (C=N–C) groups is 1. The average molecular weight is 306 g/mol. The number of methoxy groups -OCH3 is 1. The molecule has 0 atom stereocenters. The van der Waals surface area contributed by atoms with Crippen molar-refractivity contribution in [3.05, 3.63) is 24.3 Å². The van der Waals surface area contributed by atoms with Gasteiger partial charge in [0.1, 0.15) is 5.75 Å². The molecule has 6 nitrogen and oxygen atoms in total. The number of hydrogen-bond acceptors (Lipinski definition) is 4. The highest BCUT2D eigenvalue weighted by Crippen LogP contribution is 2.23. The van der Waals surface area contributed by atoms with Crippen LogP contribution >= 0.6 is 0 Å². The van der Waals surface area contributed by atoms with Gasteiger partial charge in [0.25, 0.3) is 0 Å². The summed E-state index contributed by atoms with van der Waals surface area (Å²) in [6.45, 7) is 8.41. The standard InChI is InChI=1S/C16H26N4O2/c1-16(2,20-8-10-22-11-9-20)12-18-15(17)19-13-6-4-5-7-14(13)21-3/h4-7H,8-12H2,1-3H3,(H3,17,18,19). The van der Waals surface area contributed by atoms with Crippen molar-refractivity contribution in [3.63, 3.8) is 0 Å². The van der Waals surface area contributed by atoms with Gasteiger partial charge in [-0.1, -0.05) is 12.1 Å². The Labute approximate surface area is 132 Å². The minimum atomic E-state index is -0.0448. The van der Waals surface area contributed by atoms with E-state index >= 15 is 0 Å². The Morgan fingerprint density at radius 2 is 2.05 bits per heavy atom. The number of para-hydroxylation sites is 2. The van der Waals surface area contributed by atoms with Crippen LogP contribution in [0.1, 0.15) is 13.8 Å². The predicted octanol–water partition coefficient (Wildman–Crippen LogP) is 1.53. The molecule has 2 rings (SSSR count). The number of guanidine groups is 1. The van der Waals surface area contributed by atoms with E-state index < -0.39 is 0 Å². The summed E-state index contributed by atoms with van der Waals surface area (Å²) in [6, 6.07) is 7.64. The molecule has 1 aromatic rings. The molecular weight excluding hydrogens is 280 g/mol. The molecule has 0 amide bonds. The molecule has 0 saturated carbocycles. The normalized spacial score (nSPS) is 17.3. The molecule has 0 unspecified atom stereocenters. The van der Waals surface area contributed by atoms with E-state index in [0.29, 0.717) is 12.5 Å². The topological polar surface area (TPSA) is 72.1 Å². The highest BCUT2D eigenvalue weighted by molar-refractivity contribution is 5.93. The molecule has 122 valence electrons. The zero-order valence-corrected chi connectivity index (χ0v) is 13.6. The average Bonchev–Trinajstić information content (AvgIpc) is 2.54. The number of hydrogen-bond donors (Lipinski definition) is 2. The van der Waals surface area contributed by atoms with Crippen LogP contribution in [0.15, 0.2) is 29.3 Å². The second-order valence-electron chi connectivity index (χ2n) is 5.94. The summed E-state index contributed by atoms with van der Waals surface area (Å²) in [5.41, 5.74) is 6.78. The number of ether oxygens (including phenoxy) is 2. The first-order valence-corrected chi connectivity index (χ1v) is 7.56.